The molecule has 5 rings (SSSR count). The number of imidazole rings is 2. The van der Waals surface area contributed by atoms with E-state index < -0.39 is 16.2 Å². The van der Waals surface area contributed by atoms with Crippen molar-refractivity contribution in [3.05, 3.63) is 85.7 Å². The van der Waals surface area contributed by atoms with Crippen LogP contribution < -0.4 is 16.1 Å². The number of benzene rings is 2. The fraction of sp³-hybridized carbons (Fsp3) is 0.174. The van der Waals surface area contributed by atoms with Gasteiger partial charge in [0, 0.05) is 63.5 Å². The Bertz CT molecular complexity index is 1720. The Kier molecular flexibility index (Phi) is 4.64. The summed E-state index contributed by atoms with van der Waals surface area (Å²) < 4.78 is 5.82. The third-order valence-corrected chi connectivity index (χ3v) is 5.94. The third kappa shape index (κ3) is 3.01. The number of rotatable bonds is 4. The molecule has 0 atom stereocenters. The van der Waals surface area contributed by atoms with Gasteiger partial charge in [-0.25, -0.2) is 4.79 Å². The molecule has 3 aromatic heterocycles. The Hall–Kier alpha value is -4.67. The van der Waals surface area contributed by atoms with E-state index in [-0.39, 0.29) is 16.9 Å². The minimum absolute atomic E-state index is 0.0472. The SMILES string of the molecule is CN(C)c1ccc(-n2c(-c3cccc([N+](=O)[O-])c3)cn3c4c(=O)n(C)c(=O)n(C)c4nc23)cc1. The molecule has 0 aliphatic rings. The van der Waals surface area contributed by atoms with Crippen molar-refractivity contribution in [1.82, 2.24) is 23.1 Å². The maximum absolute atomic E-state index is 13.0. The van der Waals surface area contributed by atoms with Gasteiger partial charge in [-0.2, -0.15) is 4.98 Å². The molecule has 0 N–H and O–H groups in total. The van der Waals surface area contributed by atoms with E-state index in [1.54, 1.807) is 29.8 Å². The van der Waals surface area contributed by atoms with Crippen LogP contribution in [-0.2, 0) is 14.1 Å². The van der Waals surface area contributed by atoms with Gasteiger partial charge in [-0.05, 0) is 24.3 Å². The zero-order chi connectivity index (χ0) is 24.3. The summed E-state index contributed by atoms with van der Waals surface area (Å²) in [4.78, 5) is 43.0. The highest BCUT2D eigenvalue weighted by Crippen LogP contribution is 2.31. The highest BCUT2D eigenvalue weighted by molar-refractivity contribution is 5.80. The fourth-order valence-electron chi connectivity index (χ4n) is 4.11. The second-order valence-electron chi connectivity index (χ2n) is 8.23. The van der Waals surface area contributed by atoms with E-state index in [2.05, 4.69) is 4.98 Å². The summed E-state index contributed by atoms with van der Waals surface area (Å²) in [6, 6.07) is 14.0. The van der Waals surface area contributed by atoms with Crippen LogP contribution >= 0.6 is 0 Å². The first-order valence-corrected chi connectivity index (χ1v) is 10.4. The molecule has 11 nitrogen and oxygen atoms in total. The number of nitro benzene ring substituents is 1. The quantitative estimate of drug-likeness (QED) is 0.301. The van der Waals surface area contributed by atoms with Crippen molar-refractivity contribution in [2.24, 2.45) is 14.1 Å². The Morgan fingerprint density at radius 3 is 2.35 bits per heavy atom. The molecule has 0 spiro atoms. The summed E-state index contributed by atoms with van der Waals surface area (Å²) in [6.07, 6.45) is 1.72. The van der Waals surface area contributed by atoms with E-state index in [4.69, 9.17) is 0 Å². The summed E-state index contributed by atoms with van der Waals surface area (Å²) in [5.74, 6) is 0.410. The number of aryl methyl sites for hydroxylation is 1. The maximum atomic E-state index is 13.0. The standard InChI is InChI=1S/C23H21N7O4/c1-25(2)15-8-10-16(11-9-15)29-18(14-6-5-7-17(12-14)30(33)34)13-28-19-20(24-22(28)29)26(3)23(32)27(4)21(19)31/h5-13H,1-4H3. The molecule has 5 aromatic rings. The van der Waals surface area contributed by atoms with Crippen molar-refractivity contribution in [2.45, 2.75) is 0 Å². The van der Waals surface area contributed by atoms with Crippen molar-refractivity contribution >= 4 is 28.3 Å². The average Bonchev–Trinajstić information content (AvgIpc) is 3.38. The number of fused-ring (bicyclic) bond motifs is 3. The number of hydrogen-bond acceptors (Lipinski definition) is 6. The molecular formula is C23H21N7O4. The molecule has 0 radical (unpaired) electrons. The number of nitrogens with zero attached hydrogens (tertiary/aromatic N) is 7. The van der Waals surface area contributed by atoms with E-state index >= 15 is 0 Å². The van der Waals surface area contributed by atoms with Gasteiger partial charge in [-0.15, -0.1) is 0 Å². The molecule has 0 saturated carbocycles. The van der Waals surface area contributed by atoms with Crippen LogP contribution in [-0.4, -0.2) is 42.1 Å². The molecule has 0 unspecified atom stereocenters. The number of nitro groups is 1. The number of aromatic nitrogens is 5. The summed E-state index contributed by atoms with van der Waals surface area (Å²) in [6.45, 7) is 0. The number of hydrogen-bond donors (Lipinski definition) is 0. The number of anilines is 1. The van der Waals surface area contributed by atoms with Crippen LogP contribution in [0, 0.1) is 10.1 Å². The van der Waals surface area contributed by atoms with Crippen LogP contribution in [0.1, 0.15) is 0 Å². The minimum Gasteiger partial charge on any atom is -0.378 e. The molecule has 2 aromatic carbocycles. The van der Waals surface area contributed by atoms with Crippen molar-refractivity contribution in [3.63, 3.8) is 0 Å². The van der Waals surface area contributed by atoms with E-state index in [0.29, 0.717) is 17.0 Å². The second kappa shape index (κ2) is 7.44. The molecule has 172 valence electrons. The Morgan fingerprint density at radius 1 is 1.00 bits per heavy atom. The van der Waals surface area contributed by atoms with E-state index in [1.807, 2.05) is 47.8 Å². The lowest BCUT2D eigenvalue weighted by atomic mass is 10.1. The summed E-state index contributed by atoms with van der Waals surface area (Å²) in [7, 11) is 6.86. The van der Waals surface area contributed by atoms with Crippen LogP contribution in [0.2, 0.25) is 0 Å². The fourth-order valence-corrected chi connectivity index (χ4v) is 4.11. The van der Waals surface area contributed by atoms with E-state index in [1.165, 1.54) is 23.7 Å². The van der Waals surface area contributed by atoms with Crippen LogP contribution in [0.25, 0.3) is 33.9 Å². The Labute approximate surface area is 192 Å². The van der Waals surface area contributed by atoms with E-state index in [9.17, 15) is 19.7 Å². The van der Waals surface area contributed by atoms with Crippen molar-refractivity contribution < 1.29 is 4.92 Å². The predicted octanol–water partition coefficient (Wildman–Crippen LogP) is 2.32. The molecule has 0 aliphatic heterocycles. The molecule has 11 heteroatoms. The summed E-state index contributed by atoms with van der Waals surface area (Å²) in [5, 5.41) is 11.4. The Balaban J connectivity index is 1.90. The average molecular weight is 459 g/mol. The first-order chi connectivity index (χ1) is 16.2. The molecule has 0 saturated heterocycles. The van der Waals surface area contributed by atoms with Crippen molar-refractivity contribution in [1.29, 1.82) is 0 Å². The van der Waals surface area contributed by atoms with Crippen LogP contribution in [0.3, 0.4) is 0 Å². The third-order valence-electron chi connectivity index (χ3n) is 5.94. The second-order valence-corrected chi connectivity index (χ2v) is 8.23. The first-order valence-electron chi connectivity index (χ1n) is 10.4. The monoisotopic (exact) mass is 459 g/mol. The van der Waals surface area contributed by atoms with Crippen LogP contribution in [0.4, 0.5) is 11.4 Å². The topological polar surface area (TPSA) is 113 Å². The number of non-ortho nitro benzene ring substituents is 1. The molecule has 0 fully saturated rings. The van der Waals surface area contributed by atoms with Gasteiger partial charge < -0.3 is 4.90 Å². The molecule has 0 aliphatic carbocycles. The molecule has 3 heterocycles. The van der Waals surface area contributed by atoms with Crippen molar-refractivity contribution in [3.8, 4) is 16.9 Å². The molecule has 0 bridgehead atoms. The lowest BCUT2D eigenvalue weighted by molar-refractivity contribution is -0.384. The van der Waals surface area contributed by atoms with Gasteiger partial charge >= 0.3 is 5.69 Å². The minimum atomic E-state index is -0.476. The largest absolute Gasteiger partial charge is 0.378 e. The Morgan fingerprint density at radius 2 is 1.71 bits per heavy atom. The van der Waals surface area contributed by atoms with Gasteiger partial charge in [0.2, 0.25) is 5.78 Å². The van der Waals surface area contributed by atoms with Gasteiger partial charge in [-0.1, -0.05) is 12.1 Å². The van der Waals surface area contributed by atoms with Gasteiger partial charge in [0.15, 0.2) is 11.2 Å². The lowest BCUT2D eigenvalue weighted by Crippen LogP contribution is -2.37. The van der Waals surface area contributed by atoms with Crippen LogP contribution in [0.15, 0.2) is 64.3 Å². The highest BCUT2D eigenvalue weighted by Gasteiger charge is 2.22. The first kappa shape index (κ1) is 21.2. The molecular weight excluding hydrogens is 438 g/mol. The molecule has 34 heavy (non-hydrogen) atoms. The normalized spacial score (nSPS) is 11.4. The van der Waals surface area contributed by atoms with Gasteiger partial charge in [0.05, 0.1) is 10.6 Å². The van der Waals surface area contributed by atoms with Crippen molar-refractivity contribution in [2.75, 3.05) is 19.0 Å². The molecule has 0 amide bonds. The predicted molar refractivity (Wildman–Crippen MR) is 129 cm³/mol. The van der Waals surface area contributed by atoms with E-state index in [0.717, 1.165) is 15.9 Å². The smallest absolute Gasteiger partial charge is 0.332 e. The highest BCUT2D eigenvalue weighted by atomic mass is 16.6. The van der Waals surface area contributed by atoms with Gasteiger partial charge in [0.1, 0.15) is 0 Å². The zero-order valence-electron chi connectivity index (χ0n) is 19.0. The maximum Gasteiger partial charge on any atom is 0.332 e. The zero-order valence-corrected chi connectivity index (χ0v) is 19.0. The van der Waals surface area contributed by atoms with Gasteiger partial charge in [0.25, 0.3) is 11.2 Å². The van der Waals surface area contributed by atoms with Gasteiger partial charge in [-0.3, -0.25) is 33.0 Å². The summed E-state index contributed by atoms with van der Waals surface area (Å²) >= 11 is 0. The van der Waals surface area contributed by atoms with Crippen LogP contribution in [0.5, 0.6) is 0 Å². The lowest BCUT2D eigenvalue weighted by Gasteiger charge is -2.14. The summed E-state index contributed by atoms with van der Waals surface area (Å²) in [5.41, 5.74) is 2.45.